The van der Waals surface area contributed by atoms with Crippen LogP contribution in [0.4, 0.5) is 0 Å². The SMILES string of the molecule is Cc1ccc2cc3[nH]c4ccc(Br)cc4c3nc2c1. The highest BCUT2D eigenvalue weighted by Crippen LogP contribution is 2.29. The number of nitrogens with zero attached hydrogens (tertiary/aromatic N) is 1. The number of rotatable bonds is 0. The number of nitrogens with one attached hydrogen (secondary N) is 1. The highest BCUT2D eigenvalue weighted by molar-refractivity contribution is 9.10. The van der Waals surface area contributed by atoms with Gasteiger partial charge >= 0.3 is 0 Å². The second-order valence-corrected chi connectivity index (χ2v) is 5.81. The van der Waals surface area contributed by atoms with Crippen LogP contribution in [-0.2, 0) is 0 Å². The maximum absolute atomic E-state index is 4.82. The molecular formula is C16H11BrN2. The summed E-state index contributed by atoms with van der Waals surface area (Å²) in [6, 6.07) is 14.8. The monoisotopic (exact) mass is 310 g/mol. The van der Waals surface area contributed by atoms with E-state index in [1.165, 1.54) is 10.9 Å². The summed E-state index contributed by atoms with van der Waals surface area (Å²) in [7, 11) is 0. The summed E-state index contributed by atoms with van der Waals surface area (Å²) in [5.41, 5.74) is 5.53. The molecule has 92 valence electrons. The van der Waals surface area contributed by atoms with Gasteiger partial charge in [-0.1, -0.05) is 28.1 Å². The van der Waals surface area contributed by atoms with Crippen molar-refractivity contribution in [2.24, 2.45) is 0 Å². The first-order chi connectivity index (χ1) is 9.20. The molecule has 2 heterocycles. The van der Waals surface area contributed by atoms with Crippen molar-refractivity contribution in [2.75, 3.05) is 0 Å². The molecule has 0 amide bonds. The molecule has 2 aromatic heterocycles. The quantitative estimate of drug-likeness (QED) is 0.489. The van der Waals surface area contributed by atoms with Crippen LogP contribution in [0.2, 0.25) is 0 Å². The average molecular weight is 311 g/mol. The van der Waals surface area contributed by atoms with Crippen molar-refractivity contribution in [2.45, 2.75) is 6.92 Å². The van der Waals surface area contributed by atoms with E-state index < -0.39 is 0 Å². The summed E-state index contributed by atoms with van der Waals surface area (Å²) in [5.74, 6) is 0. The van der Waals surface area contributed by atoms with Crippen molar-refractivity contribution in [3.05, 3.63) is 52.5 Å². The van der Waals surface area contributed by atoms with E-state index >= 15 is 0 Å². The van der Waals surface area contributed by atoms with Gasteiger partial charge in [-0.3, -0.25) is 0 Å². The van der Waals surface area contributed by atoms with Gasteiger partial charge in [0.05, 0.1) is 16.6 Å². The molecule has 0 saturated heterocycles. The van der Waals surface area contributed by atoms with E-state index in [9.17, 15) is 0 Å². The normalized spacial score (nSPS) is 11.7. The summed E-state index contributed by atoms with van der Waals surface area (Å²) in [4.78, 5) is 8.24. The largest absolute Gasteiger partial charge is 0.353 e. The fourth-order valence-corrected chi connectivity index (χ4v) is 2.91. The maximum atomic E-state index is 4.82. The van der Waals surface area contributed by atoms with Gasteiger partial charge in [0.15, 0.2) is 0 Å². The molecule has 0 fully saturated rings. The molecule has 1 N–H and O–H groups in total. The smallest absolute Gasteiger partial charge is 0.0965 e. The van der Waals surface area contributed by atoms with Crippen LogP contribution in [0.1, 0.15) is 5.56 Å². The van der Waals surface area contributed by atoms with Crippen LogP contribution in [0.5, 0.6) is 0 Å². The van der Waals surface area contributed by atoms with E-state index in [0.717, 1.165) is 31.9 Å². The standard InChI is InChI=1S/C16H11BrN2/c1-9-2-3-10-7-15-16(19-14(10)6-9)12-8-11(17)4-5-13(12)18-15/h2-8,18H,1H3. The fraction of sp³-hybridized carbons (Fsp3) is 0.0625. The van der Waals surface area contributed by atoms with Crippen molar-refractivity contribution < 1.29 is 0 Å². The first-order valence-corrected chi connectivity index (χ1v) is 6.98. The Morgan fingerprint density at radius 2 is 1.89 bits per heavy atom. The number of benzene rings is 2. The average Bonchev–Trinajstić information content (AvgIpc) is 2.73. The first kappa shape index (κ1) is 11.0. The van der Waals surface area contributed by atoms with Gasteiger partial charge in [0, 0.05) is 20.8 Å². The zero-order valence-electron chi connectivity index (χ0n) is 10.4. The highest BCUT2D eigenvalue weighted by Gasteiger charge is 2.07. The van der Waals surface area contributed by atoms with Gasteiger partial charge in [-0.2, -0.15) is 0 Å². The minimum Gasteiger partial charge on any atom is -0.353 e. The molecule has 0 aliphatic rings. The summed E-state index contributed by atoms with van der Waals surface area (Å²) in [5, 5.41) is 2.33. The van der Waals surface area contributed by atoms with Crippen molar-refractivity contribution in [1.29, 1.82) is 0 Å². The molecule has 0 aliphatic carbocycles. The summed E-state index contributed by atoms with van der Waals surface area (Å²) in [6.07, 6.45) is 0. The third-order valence-corrected chi connectivity index (χ3v) is 3.97. The van der Waals surface area contributed by atoms with Crippen molar-refractivity contribution >= 4 is 48.8 Å². The number of hydrogen-bond donors (Lipinski definition) is 1. The molecule has 19 heavy (non-hydrogen) atoms. The lowest BCUT2D eigenvalue weighted by Crippen LogP contribution is -1.81. The van der Waals surface area contributed by atoms with E-state index in [1.54, 1.807) is 0 Å². The lowest BCUT2D eigenvalue weighted by molar-refractivity contribution is 1.44. The van der Waals surface area contributed by atoms with Gasteiger partial charge in [0.25, 0.3) is 0 Å². The van der Waals surface area contributed by atoms with Gasteiger partial charge in [-0.25, -0.2) is 4.98 Å². The number of aromatic amines is 1. The Labute approximate surface area is 118 Å². The zero-order valence-corrected chi connectivity index (χ0v) is 12.0. The molecule has 4 aromatic rings. The fourth-order valence-electron chi connectivity index (χ4n) is 2.54. The Morgan fingerprint density at radius 3 is 2.79 bits per heavy atom. The van der Waals surface area contributed by atoms with E-state index in [0.29, 0.717) is 0 Å². The van der Waals surface area contributed by atoms with E-state index in [-0.39, 0.29) is 0 Å². The number of H-pyrrole nitrogens is 1. The first-order valence-electron chi connectivity index (χ1n) is 6.19. The Bertz CT molecular complexity index is 932. The summed E-state index contributed by atoms with van der Waals surface area (Å²) < 4.78 is 1.08. The Hall–Kier alpha value is -1.87. The van der Waals surface area contributed by atoms with E-state index in [4.69, 9.17) is 4.98 Å². The lowest BCUT2D eigenvalue weighted by atomic mass is 10.1. The molecule has 0 aliphatic heterocycles. The van der Waals surface area contributed by atoms with Crippen LogP contribution in [-0.4, -0.2) is 9.97 Å². The van der Waals surface area contributed by atoms with Gasteiger partial charge in [-0.15, -0.1) is 0 Å². The minimum absolute atomic E-state index is 1.04. The second kappa shape index (κ2) is 3.81. The molecule has 2 nitrogen and oxygen atoms in total. The third kappa shape index (κ3) is 1.65. The Morgan fingerprint density at radius 1 is 1.00 bits per heavy atom. The number of aromatic nitrogens is 2. The zero-order chi connectivity index (χ0) is 13.0. The molecular weight excluding hydrogens is 300 g/mol. The molecule has 0 radical (unpaired) electrons. The van der Waals surface area contributed by atoms with Gasteiger partial charge in [-0.05, 0) is 42.8 Å². The summed E-state index contributed by atoms with van der Waals surface area (Å²) >= 11 is 3.52. The van der Waals surface area contributed by atoms with Gasteiger partial charge in [0.2, 0.25) is 0 Å². The van der Waals surface area contributed by atoms with Crippen molar-refractivity contribution in [1.82, 2.24) is 9.97 Å². The molecule has 3 heteroatoms. The predicted octanol–water partition coefficient (Wildman–Crippen LogP) is 4.94. The molecule has 0 bridgehead atoms. The van der Waals surface area contributed by atoms with Crippen LogP contribution in [0, 0.1) is 6.92 Å². The Balaban J connectivity index is 2.21. The second-order valence-electron chi connectivity index (χ2n) is 4.90. The van der Waals surface area contributed by atoms with Crippen molar-refractivity contribution in [3.63, 3.8) is 0 Å². The van der Waals surface area contributed by atoms with Crippen LogP contribution < -0.4 is 0 Å². The van der Waals surface area contributed by atoms with Crippen LogP contribution in [0.25, 0.3) is 32.8 Å². The van der Waals surface area contributed by atoms with Crippen LogP contribution in [0.15, 0.2) is 46.9 Å². The molecule has 0 spiro atoms. The predicted molar refractivity (Wildman–Crippen MR) is 83.5 cm³/mol. The van der Waals surface area contributed by atoms with E-state index in [2.05, 4.69) is 64.2 Å². The molecule has 4 rings (SSSR count). The van der Waals surface area contributed by atoms with Crippen LogP contribution in [0.3, 0.4) is 0 Å². The van der Waals surface area contributed by atoms with Crippen LogP contribution >= 0.6 is 15.9 Å². The topological polar surface area (TPSA) is 28.7 Å². The maximum Gasteiger partial charge on any atom is 0.0965 e. The number of aryl methyl sites for hydroxylation is 1. The minimum atomic E-state index is 1.04. The van der Waals surface area contributed by atoms with Gasteiger partial charge < -0.3 is 4.98 Å². The Kier molecular flexibility index (Phi) is 2.21. The van der Waals surface area contributed by atoms with Crippen molar-refractivity contribution in [3.8, 4) is 0 Å². The molecule has 0 unspecified atom stereocenters. The lowest BCUT2D eigenvalue weighted by Gasteiger charge is -1.99. The molecule has 0 saturated carbocycles. The number of hydrogen-bond acceptors (Lipinski definition) is 1. The summed E-state index contributed by atoms with van der Waals surface area (Å²) in [6.45, 7) is 2.09. The number of halogens is 1. The third-order valence-electron chi connectivity index (χ3n) is 3.48. The number of fused-ring (bicyclic) bond motifs is 4. The van der Waals surface area contributed by atoms with E-state index in [1.807, 2.05) is 6.07 Å². The molecule has 0 atom stereocenters. The van der Waals surface area contributed by atoms with Gasteiger partial charge in [0.1, 0.15) is 0 Å². The highest BCUT2D eigenvalue weighted by atomic mass is 79.9. The molecule has 2 aromatic carbocycles. The number of pyridine rings is 1.